The highest BCUT2D eigenvalue weighted by Gasteiger charge is 2.51. The third kappa shape index (κ3) is 5.01. The summed E-state index contributed by atoms with van der Waals surface area (Å²) in [5, 5.41) is 6.34. The molecular formula is C28H39FN2O4. The van der Waals surface area contributed by atoms with E-state index in [-0.39, 0.29) is 58.4 Å². The van der Waals surface area contributed by atoms with Crippen LogP contribution in [0, 0.1) is 29.0 Å². The summed E-state index contributed by atoms with van der Waals surface area (Å²) in [7, 11) is 1.43. The van der Waals surface area contributed by atoms with Gasteiger partial charge in [0.05, 0.1) is 24.7 Å². The summed E-state index contributed by atoms with van der Waals surface area (Å²) in [5.74, 6) is -0.114. The molecule has 4 atom stereocenters. The lowest BCUT2D eigenvalue weighted by Gasteiger charge is -2.34. The predicted molar refractivity (Wildman–Crippen MR) is 131 cm³/mol. The van der Waals surface area contributed by atoms with Crippen molar-refractivity contribution < 1.29 is 23.5 Å². The lowest BCUT2D eigenvalue weighted by Crippen LogP contribution is -2.52. The summed E-state index contributed by atoms with van der Waals surface area (Å²) < 4.78 is 26.2. The number of rotatable bonds is 7. The van der Waals surface area contributed by atoms with Gasteiger partial charge in [0.25, 0.3) is 5.91 Å². The maximum absolute atomic E-state index is 14.9. The van der Waals surface area contributed by atoms with Crippen molar-refractivity contribution in [2.75, 3.05) is 7.11 Å². The van der Waals surface area contributed by atoms with Gasteiger partial charge in [-0.2, -0.15) is 0 Å². The largest absolute Gasteiger partial charge is 0.496 e. The molecule has 35 heavy (non-hydrogen) atoms. The molecule has 4 fully saturated rings. The van der Waals surface area contributed by atoms with Crippen LogP contribution in [-0.2, 0) is 4.79 Å². The van der Waals surface area contributed by atoms with Crippen LogP contribution < -0.4 is 20.1 Å². The summed E-state index contributed by atoms with van der Waals surface area (Å²) in [6.45, 7) is 4.49. The molecule has 1 aromatic rings. The number of hydrogen-bond donors (Lipinski definition) is 2. The fourth-order valence-electron chi connectivity index (χ4n) is 6.60. The van der Waals surface area contributed by atoms with E-state index >= 15 is 0 Å². The van der Waals surface area contributed by atoms with Crippen LogP contribution in [0.15, 0.2) is 12.1 Å². The van der Waals surface area contributed by atoms with Crippen LogP contribution in [0.4, 0.5) is 4.39 Å². The van der Waals surface area contributed by atoms with Gasteiger partial charge in [0.2, 0.25) is 5.91 Å². The monoisotopic (exact) mass is 486 g/mol. The highest BCUT2D eigenvalue weighted by atomic mass is 19.1. The Morgan fingerprint density at radius 1 is 0.971 bits per heavy atom. The number of ether oxygens (including phenoxy) is 2. The first kappa shape index (κ1) is 24.4. The standard InChI is InChI=1S/C28H39FN2O4/c1-28(2)11-9-19(10-12-28)35-23-14-20(22(34-3)15-21(23)29)26(32)31-25-17-8-7-16(13-17)24(25)27(33)30-18-5-4-6-18/h14-19,24-25H,4-13H2,1-3H3,(H,30,33)(H,31,32)/t16-,17+,24+,25-/m1/s1. The molecule has 1 aromatic carbocycles. The Bertz CT molecular complexity index is 966. The van der Waals surface area contributed by atoms with Crippen molar-refractivity contribution >= 4 is 11.8 Å². The maximum Gasteiger partial charge on any atom is 0.255 e. The van der Waals surface area contributed by atoms with Crippen molar-refractivity contribution in [3.63, 3.8) is 0 Å². The second kappa shape index (κ2) is 9.62. The van der Waals surface area contributed by atoms with Crippen molar-refractivity contribution in [1.29, 1.82) is 0 Å². The van der Waals surface area contributed by atoms with Crippen LogP contribution >= 0.6 is 0 Å². The normalized spacial score (nSPS) is 29.9. The first-order valence-electron chi connectivity index (χ1n) is 13.4. The molecule has 4 aliphatic carbocycles. The van der Waals surface area contributed by atoms with Crippen molar-refractivity contribution in [1.82, 2.24) is 10.6 Å². The molecule has 7 heteroatoms. The highest BCUT2D eigenvalue weighted by molar-refractivity contribution is 5.98. The number of halogens is 1. The molecular weight excluding hydrogens is 447 g/mol. The van der Waals surface area contributed by atoms with E-state index in [0.29, 0.717) is 11.8 Å². The van der Waals surface area contributed by atoms with Gasteiger partial charge in [0.15, 0.2) is 11.6 Å². The van der Waals surface area contributed by atoms with Gasteiger partial charge < -0.3 is 20.1 Å². The van der Waals surface area contributed by atoms with Crippen molar-refractivity contribution in [3.05, 3.63) is 23.5 Å². The van der Waals surface area contributed by atoms with E-state index in [2.05, 4.69) is 24.5 Å². The van der Waals surface area contributed by atoms with Crippen molar-refractivity contribution in [2.24, 2.45) is 23.2 Å². The minimum atomic E-state index is -0.527. The third-order valence-corrected chi connectivity index (χ3v) is 9.05. The van der Waals surface area contributed by atoms with Crippen LogP contribution in [-0.4, -0.2) is 37.1 Å². The minimum absolute atomic E-state index is 0.0630. The Hall–Kier alpha value is -2.31. The molecule has 2 N–H and O–H groups in total. The van der Waals surface area contributed by atoms with Crippen LogP contribution in [0.2, 0.25) is 0 Å². The van der Waals surface area contributed by atoms with E-state index in [1.807, 2.05) is 0 Å². The minimum Gasteiger partial charge on any atom is -0.496 e. The Morgan fingerprint density at radius 2 is 1.69 bits per heavy atom. The van der Waals surface area contributed by atoms with E-state index in [9.17, 15) is 14.0 Å². The maximum atomic E-state index is 14.9. The van der Waals surface area contributed by atoms with Crippen LogP contribution in [0.25, 0.3) is 0 Å². The summed E-state index contributed by atoms with van der Waals surface area (Å²) in [6.07, 6.45) is 9.99. The van der Waals surface area contributed by atoms with Gasteiger partial charge in [-0.15, -0.1) is 0 Å². The molecule has 4 saturated carbocycles. The van der Waals surface area contributed by atoms with Gasteiger partial charge in [-0.05, 0) is 87.5 Å². The smallest absolute Gasteiger partial charge is 0.255 e. The lowest BCUT2D eigenvalue weighted by atomic mass is 9.76. The molecule has 0 heterocycles. The molecule has 4 aliphatic rings. The molecule has 2 bridgehead atoms. The van der Waals surface area contributed by atoms with E-state index in [4.69, 9.17) is 9.47 Å². The number of hydrogen-bond acceptors (Lipinski definition) is 4. The molecule has 192 valence electrons. The Morgan fingerprint density at radius 3 is 2.34 bits per heavy atom. The van der Waals surface area contributed by atoms with Crippen LogP contribution in [0.3, 0.4) is 0 Å². The van der Waals surface area contributed by atoms with E-state index in [0.717, 1.165) is 64.2 Å². The number of amides is 2. The van der Waals surface area contributed by atoms with E-state index in [1.54, 1.807) is 0 Å². The fraction of sp³-hybridized carbons (Fsp3) is 0.714. The van der Waals surface area contributed by atoms with Gasteiger partial charge in [0.1, 0.15) is 5.75 Å². The molecule has 0 saturated heterocycles. The fourth-order valence-corrected chi connectivity index (χ4v) is 6.60. The second-order valence-corrected chi connectivity index (χ2v) is 12.0. The second-order valence-electron chi connectivity index (χ2n) is 12.0. The first-order chi connectivity index (χ1) is 16.7. The van der Waals surface area contributed by atoms with Gasteiger partial charge in [-0.3, -0.25) is 9.59 Å². The topological polar surface area (TPSA) is 76.7 Å². The molecule has 6 nitrogen and oxygen atoms in total. The van der Waals surface area contributed by atoms with Gasteiger partial charge in [-0.25, -0.2) is 4.39 Å². The van der Waals surface area contributed by atoms with E-state index in [1.165, 1.54) is 19.2 Å². The molecule has 0 aliphatic heterocycles. The predicted octanol–water partition coefficient (Wildman–Crippen LogP) is 5.00. The zero-order valence-electron chi connectivity index (χ0n) is 21.2. The molecule has 2 amide bonds. The molecule has 0 unspecified atom stereocenters. The number of fused-ring (bicyclic) bond motifs is 2. The summed E-state index contributed by atoms with van der Waals surface area (Å²) >= 11 is 0. The summed E-state index contributed by atoms with van der Waals surface area (Å²) in [6, 6.07) is 2.78. The number of carbonyl (C=O) groups is 2. The number of methoxy groups -OCH3 is 1. The average molecular weight is 487 g/mol. The first-order valence-corrected chi connectivity index (χ1v) is 13.4. The van der Waals surface area contributed by atoms with Gasteiger partial charge >= 0.3 is 0 Å². The summed E-state index contributed by atoms with van der Waals surface area (Å²) in [5.41, 5.74) is 0.534. The Balaban J connectivity index is 1.31. The SMILES string of the molecule is COc1cc(F)c(OC2CCC(C)(C)CC2)cc1C(=O)N[C@@H]1[C@H]2CC[C@H](C2)[C@@H]1C(=O)NC1CCC1. The zero-order chi connectivity index (χ0) is 24.7. The average Bonchev–Trinajstić information content (AvgIpc) is 3.40. The number of carbonyl (C=O) groups excluding carboxylic acids is 2. The van der Waals surface area contributed by atoms with Crippen molar-refractivity contribution in [2.45, 2.75) is 96.2 Å². The van der Waals surface area contributed by atoms with Crippen molar-refractivity contribution in [3.8, 4) is 11.5 Å². The quantitative estimate of drug-likeness (QED) is 0.569. The third-order valence-electron chi connectivity index (χ3n) is 9.05. The van der Waals surface area contributed by atoms with Gasteiger partial charge in [-0.1, -0.05) is 13.8 Å². The summed E-state index contributed by atoms with van der Waals surface area (Å²) in [4.78, 5) is 26.6. The van der Waals surface area contributed by atoms with Crippen LogP contribution in [0.1, 0.15) is 88.4 Å². The van der Waals surface area contributed by atoms with Crippen LogP contribution in [0.5, 0.6) is 11.5 Å². The molecule has 0 aromatic heterocycles. The highest BCUT2D eigenvalue weighted by Crippen LogP contribution is 2.49. The molecule has 5 rings (SSSR count). The number of nitrogens with one attached hydrogen (secondary N) is 2. The number of benzene rings is 1. The van der Waals surface area contributed by atoms with Gasteiger partial charge in [0, 0.05) is 18.2 Å². The molecule has 0 spiro atoms. The molecule has 0 radical (unpaired) electrons. The van der Waals surface area contributed by atoms with E-state index < -0.39 is 5.82 Å². The Labute approximate surface area is 207 Å². The lowest BCUT2D eigenvalue weighted by molar-refractivity contribution is -0.128. The zero-order valence-corrected chi connectivity index (χ0v) is 21.2. The Kier molecular flexibility index (Phi) is 6.71.